The molecule has 2 aromatic heterocycles. The second-order valence-electron chi connectivity index (χ2n) is 4.32. The van der Waals surface area contributed by atoms with Gasteiger partial charge in [-0.2, -0.15) is 0 Å². The van der Waals surface area contributed by atoms with Crippen LogP contribution in [0.15, 0.2) is 17.6 Å². The minimum absolute atomic E-state index is 0.0460. The maximum absolute atomic E-state index is 11.1. The largest absolute Gasteiger partial charge is 0.476 e. The fourth-order valence-corrected chi connectivity index (χ4v) is 2.54. The zero-order chi connectivity index (χ0) is 15.6. The monoisotopic (exact) mass is 308 g/mol. The molecule has 0 bridgehead atoms. The standard InChI is InChI=1S/C12H12N4O4S/c1-6-3-4-13-10(9(6)16(19)20)14-7(2)11-15-8(5-21-11)12(17)18/h3-5,7H,1-2H3,(H,13,14)(H,17,18). The van der Waals surface area contributed by atoms with Crippen LogP contribution in [0.4, 0.5) is 11.5 Å². The van der Waals surface area contributed by atoms with Crippen molar-refractivity contribution < 1.29 is 14.8 Å². The van der Waals surface area contributed by atoms with E-state index < -0.39 is 16.9 Å². The van der Waals surface area contributed by atoms with E-state index in [-0.39, 0.29) is 17.2 Å². The van der Waals surface area contributed by atoms with Crippen LogP contribution in [0.2, 0.25) is 0 Å². The van der Waals surface area contributed by atoms with E-state index in [1.54, 1.807) is 19.9 Å². The fourth-order valence-electron chi connectivity index (χ4n) is 1.74. The lowest BCUT2D eigenvalue weighted by molar-refractivity contribution is -0.384. The van der Waals surface area contributed by atoms with Crippen molar-refractivity contribution in [3.63, 3.8) is 0 Å². The number of aromatic nitrogens is 2. The zero-order valence-electron chi connectivity index (χ0n) is 11.2. The fraction of sp³-hybridized carbons (Fsp3) is 0.250. The Morgan fingerprint density at radius 3 is 2.86 bits per heavy atom. The molecule has 110 valence electrons. The molecule has 0 aromatic carbocycles. The summed E-state index contributed by atoms with van der Waals surface area (Å²) in [5.41, 5.74) is 0.352. The lowest BCUT2D eigenvalue weighted by Crippen LogP contribution is -2.11. The number of nitrogens with one attached hydrogen (secondary N) is 1. The van der Waals surface area contributed by atoms with Crippen LogP contribution in [-0.4, -0.2) is 26.0 Å². The number of aryl methyl sites for hydroxylation is 1. The summed E-state index contributed by atoms with van der Waals surface area (Å²) >= 11 is 1.17. The van der Waals surface area contributed by atoms with Crippen LogP contribution in [0.1, 0.15) is 34.0 Å². The highest BCUT2D eigenvalue weighted by Gasteiger charge is 2.21. The lowest BCUT2D eigenvalue weighted by Gasteiger charge is -2.12. The number of hydrogen-bond acceptors (Lipinski definition) is 7. The molecule has 0 aliphatic heterocycles. The highest BCUT2D eigenvalue weighted by Crippen LogP contribution is 2.29. The van der Waals surface area contributed by atoms with E-state index in [0.717, 1.165) is 0 Å². The lowest BCUT2D eigenvalue weighted by atomic mass is 10.2. The van der Waals surface area contributed by atoms with Gasteiger partial charge < -0.3 is 10.4 Å². The summed E-state index contributed by atoms with van der Waals surface area (Å²) < 4.78 is 0. The maximum atomic E-state index is 11.1. The third kappa shape index (κ3) is 3.14. The predicted molar refractivity (Wildman–Crippen MR) is 76.7 cm³/mol. The van der Waals surface area contributed by atoms with Gasteiger partial charge in [0, 0.05) is 17.1 Å². The topological polar surface area (TPSA) is 118 Å². The molecule has 2 rings (SSSR count). The van der Waals surface area contributed by atoms with Crippen LogP contribution in [0.3, 0.4) is 0 Å². The van der Waals surface area contributed by atoms with E-state index in [9.17, 15) is 14.9 Å². The van der Waals surface area contributed by atoms with Gasteiger partial charge in [0.15, 0.2) is 5.69 Å². The predicted octanol–water partition coefficient (Wildman–Crippen LogP) is 2.63. The first-order valence-electron chi connectivity index (χ1n) is 5.95. The minimum Gasteiger partial charge on any atom is -0.476 e. The Hall–Kier alpha value is -2.55. The molecule has 0 aliphatic carbocycles. The van der Waals surface area contributed by atoms with Crippen molar-refractivity contribution in [3.05, 3.63) is 44.0 Å². The molecule has 8 nitrogen and oxygen atoms in total. The van der Waals surface area contributed by atoms with Gasteiger partial charge in [-0.15, -0.1) is 11.3 Å². The average molecular weight is 308 g/mol. The van der Waals surface area contributed by atoms with Gasteiger partial charge in [0.05, 0.1) is 11.0 Å². The third-order valence-electron chi connectivity index (χ3n) is 2.77. The molecule has 0 amide bonds. The Bertz CT molecular complexity index is 700. The molecule has 1 atom stereocenters. The number of aromatic carboxylic acids is 1. The maximum Gasteiger partial charge on any atom is 0.355 e. The van der Waals surface area contributed by atoms with Crippen molar-refractivity contribution in [1.82, 2.24) is 9.97 Å². The van der Waals surface area contributed by atoms with Gasteiger partial charge in [0.25, 0.3) is 0 Å². The molecule has 9 heteroatoms. The second kappa shape index (κ2) is 5.83. The van der Waals surface area contributed by atoms with Crippen LogP contribution in [-0.2, 0) is 0 Å². The number of nitro groups is 1. The van der Waals surface area contributed by atoms with Gasteiger partial charge in [-0.3, -0.25) is 10.1 Å². The molecule has 0 saturated carbocycles. The van der Waals surface area contributed by atoms with Gasteiger partial charge in [0.2, 0.25) is 5.82 Å². The van der Waals surface area contributed by atoms with E-state index in [4.69, 9.17) is 5.11 Å². The van der Waals surface area contributed by atoms with Gasteiger partial charge in [-0.05, 0) is 19.9 Å². The number of nitrogens with zero attached hydrogens (tertiary/aromatic N) is 3. The molecule has 1 unspecified atom stereocenters. The first-order valence-corrected chi connectivity index (χ1v) is 6.83. The number of thiazole rings is 1. The molecule has 0 saturated heterocycles. The molecular formula is C12H12N4O4S. The van der Waals surface area contributed by atoms with Crippen molar-refractivity contribution in [1.29, 1.82) is 0 Å². The Morgan fingerprint density at radius 1 is 1.57 bits per heavy atom. The summed E-state index contributed by atoms with van der Waals surface area (Å²) in [5.74, 6) is -0.969. The van der Waals surface area contributed by atoms with Crippen LogP contribution >= 0.6 is 11.3 Å². The summed E-state index contributed by atoms with van der Waals surface area (Å²) in [6, 6.07) is 1.16. The summed E-state index contributed by atoms with van der Waals surface area (Å²) in [5, 5.41) is 24.8. The summed E-state index contributed by atoms with van der Waals surface area (Å²) in [6.45, 7) is 3.36. The van der Waals surface area contributed by atoms with Crippen LogP contribution in [0.25, 0.3) is 0 Å². The van der Waals surface area contributed by atoms with Gasteiger partial charge in [-0.1, -0.05) is 0 Å². The number of anilines is 1. The Kier molecular flexibility index (Phi) is 4.13. The number of pyridine rings is 1. The first kappa shape index (κ1) is 14.9. The molecule has 21 heavy (non-hydrogen) atoms. The summed E-state index contributed by atoms with van der Waals surface area (Å²) in [6.07, 6.45) is 1.47. The minimum atomic E-state index is -1.11. The smallest absolute Gasteiger partial charge is 0.355 e. The van der Waals surface area contributed by atoms with Crippen molar-refractivity contribution in [2.24, 2.45) is 0 Å². The van der Waals surface area contributed by atoms with Gasteiger partial charge in [0.1, 0.15) is 5.01 Å². The van der Waals surface area contributed by atoms with Crippen LogP contribution in [0.5, 0.6) is 0 Å². The molecule has 2 N–H and O–H groups in total. The number of carboxylic acids is 1. The van der Waals surface area contributed by atoms with Gasteiger partial charge >= 0.3 is 11.7 Å². The van der Waals surface area contributed by atoms with Crippen LogP contribution in [0, 0.1) is 17.0 Å². The van der Waals surface area contributed by atoms with E-state index in [0.29, 0.717) is 10.6 Å². The molecule has 0 fully saturated rings. The summed E-state index contributed by atoms with van der Waals surface area (Å²) in [4.78, 5) is 29.3. The van der Waals surface area contributed by atoms with E-state index in [1.165, 1.54) is 22.9 Å². The van der Waals surface area contributed by atoms with Crippen molar-refractivity contribution in [2.75, 3.05) is 5.32 Å². The normalized spacial score (nSPS) is 11.9. The molecule has 2 aromatic rings. The number of carboxylic acid groups (broad SMARTS) is 1. The number of carbonyl (C=O) groups is 1. The summed E-state index contributed by atoms with van der Waals surface area (Å²) in [7, 11) is 0. The molecule has 0 radical (unpaired) electrons. The average Bonchev–Trinajstić information content (AvgIpc) is 2.88. The van der Waals surface area contributed by atoms with Crippen molar-refractivity contribution >= 4 is 28.8 Å². The first-order chi connectivity index (χ1) is 9.90. The zero-order valence-corrected chi connectivity index (χ0v) is 12.0. The highest BCUT2D eigenvalue weighted by molar-refractivity contribution is 7.09. The number of rotatable bonds is 5. The number of hydrogen-bond donors (Lipinski definition) is 2. The van der Waals surface area contributed by atoms with E-state index in [2.05, 4.69) is 15.3 Å². The second-order valence-corrected chi connectivity index (χ2v) is 5.21. The van der Waals surface area contributed by atoms with Crippen LogP contribution < -0.4 is 5.32 Å². The quantitative estimate of drug-likeness (QED) is 0.643. The molecule has 2 heterocycles. The highest BCUT2D eigenvalue weighted by atomic mass is 32.1. The Labute approximate surface area is 123 Å². The van der Waals surface area contributed by atoms with E-state index in [1.807, 2.05) is 0 Å². The molecule has 0 aliphatic rings. The third-order valence-corrected chi connectivity index (χ3v) is 3.80. The Morgan fingerprint density at radius 2 is 2.29 bits per heavy atom. The Balaban J connectivity index is 2.27. The SMILES string of the molecule is Cc1ccnc(NC(C)c2nc(C(=O)O)cs2)c1[N+](=O)[O-]. The van der Waals surface area contributed by atoms with Crippen molar-refractivity contribution in [2.45, 2.75) is 19.9 Å². The van der Waals surface area contributed by atoms with Gasteiger partial charge in [-0.25, -0.2) is 14.8 Å². The van der Waals surface area contributed by atoms with Crippen molar-refractivity contribution in [3.8, 4) is 0 Å². The van der Waals surface area contributed by atoms with E-state index >= 15 is 0 Å². The molecule has 0 spiro atoms. The molecular weight excluding hydrogens is 296 g/mol.